The molecule has 0 heterocycles. The molecule has 0 spiro atoms. The first kappa shape index (κ1) is 9.22. The molecule has 0 aliphatic carbocycles. The van der Waals surface area contributed by atoms with E-state index in [1.54, 1.807) is 24.3 Å². The fourth-order valence-electron chi connectivity index (χ4n) is 0.612. The van der Waals surface area contributed by atoms with Crippen molar-refractivity contribution in [3.8, 4) is 0 Å². The van der Waals surface area contributed by atoms with Crippen LogP contribution in [0.4, 0.5) is 4.79 Å². The first-order chi connectivity index (χ1) is 5.68. The minimum atomic E-state index is -0.560. The molecule has 12 heavy (non-hydrogen) atoms. The molecule has 0 saturated carbocycles. The van der Waals surface area contributed by atoms with Gasteiger partial charge in [0.25, 0.3) is 0 Å². The van der Waals surface area contributed by atoms with Gasteiger partial charge in [0.1, 0.15) is 0 Å². The summed E-state index contributed by atoms with van der Waals surface area (Å²) in [6.07, 6.45) is 0. The summed E-state index contributed by atoms with van der Waals surface area (Å²) in [6.45, 7) is 0. The van der Waals surface area contributed by atoms with Crippen molar-refractivity contribution in [2.75, 3.05) is 0 Å². The van der Waals surface area contributed by atoms with Gasteiger partial charge < -0.3 is 5.73 Å². The van der Waals surface area contributed by atoms with E-state index in [1.165, 1.54) is 0 Å². The molecular weight excluding hydrogens is 196 g/mol. The number of hydrogen-bond acceptors (Lipinski definition) is 2. The van der Waals surface area contributed by atoms with Crippen LogP contribution in [0.3, 0.4) is 0 Å². The third-order valence-electron chi connectivity index (χ3n) is 1.08. The topological polar surface area (TPSA) is 55.1 Å². The molecular formula is C7H7ClN2OS. The van der Waals surface area contributed by atoms with Crippen LogP contribution in [-0.2, 0) is 0 Å². The Morgan fingerprint density at radius 1 is 1.42 bits per heavy atom. The Labute approximate surface area is 79.4 Å². The van der Waals surface area contributed by atoms with Gasteiger partial charge in [0.15, 0.2) is 0 Å². The number of halogens is 1. The molecule has 0 saturated heterocycles. The molecule has 0 aliphatic heterocycles. The number of hydrogen-bond donors (Lipinski definition) is 2. The number of benzene rings is 1. The molecule has 2 amide bonds. The number of carbonyl (C=O) groups excluding carboxylic acids is 1. The number of carbonyl (C=O) groups is 1. The van der Waals surface area contributed by atoms with Crippen molar-refractivity contribution in [2.45, 2.75) is 4.90 Å². The van der Waals surface area contributed by atoms with Crippen LogP contribution in [0.1, 0.15) is 0 Å². The standard InChI is InChI=1S/C7H7ClN2OS/c8-5-1-3-6(4-2-5)12-10-7(9)11/h1-4H,(H3,9,10,11). The second kappa shape index (κ2) is 4.23. The predicted octanol–water partition coefficient (Wildman–Crippen LogP) is 2.02. The van der Waals surface area contributed by atoms with Crippen molar-refractivity contribution in [1.29, 1.82) is 0 Å². The molecule has 64 valence electrons. The maximum atomic E-state index is 10.3. The fourth-order valence-corrected chi connectivity index (χ4v) is 1.23. The minimum Gasteiger partial charge on any atom is -0.351 e. The van der Waals surface area contributed by atoms with Crippen molar-refractivity contribution < 1.29 is 4.79 Å². The van der Waals surface area contributed by atoms with Crippen LogP contribution in [0.25, 0.3) is 0 Å². The fraction of sp³-hybridized carbons (Fsp3) is 0. The molecule has 0 radical (unpaired) electrons. The normalized spacial score (nSPS) is 9.42. The van der Waals surface area contributed by atoms with Gasteiger partial charge in [0.05, 0.1) is 0 Å². The van der Waals surface area contributed by atoms with Gasteiger partial charge in [-0.3, -0.25) is 4.72 Å². The summed E-state index contributed by atoms with van der Waals surface area (Å²) in [5.74, 6) is 0. The largest absolute Gasteiger partial charge is 0.351 e. The first-order valence-corrected chi connectivity index (χ1v) is 4.36. The lowest BCUT2D eigenvalue weighted by atomic mass is 10.4. The number of nitrogens with two attached hydrogens (primary N) is 1. The Hall–Kier alpha value is -0.870. The number of amides is 2. The number of primary amides is 1. The van der Waals surface area contributed by atoms with Gasteiger partial charge in [-0.05, 0) is 36.2 Å². The molecule has 0 unspecified atom stereocenters. The summed E-state index contributed by atoms with van der Waals surface area (Å²) >= 11 is 6.81. The van der Waals surface area contributed by atoms with Gasteiger partial charge in [-0.15, -0.1) is 0 Å². The molecule has 5 heteroatoms. The van der Waals surface area contributed by atoms with Gasteiger partial charge in [0.2, 0.25) is 0 Å². The van der Waals surface area contributed by atoms with Crippen LogP contribution in [0.2, 0.25) is 5.02 Å². The van der Waals surface area contributed by atoms with E-state index in [2.05, 4.69) is 4.72 Å². The van der Waals surface area contributed by atoms with Crippen LogP contribution < -0.4 is 10.5 Å². The van der Waals surface area contributed by atoms with Crippen molar-refractivity contribution in [2.24, 2.45) is 5.73 Å². The molecule has 0 aliphatic rings. The van der Waals surface area contributed by atoms with E-state index in [-0.39, 0.29) is 0 Å². The second-order valence-corrected chi connectivity index (χ2v) is 3.34. The van der Waals surface area contributed by atoms with E-state index >= 15 is 0 Å². The van der Waals surface area contributed by atoms with Crippen LogP contribution >= 0.6 is 23.5 Å². The maximum Gasteiger partial charge on any atom is 0.322 e. The Morgan fingerprint density at radius 2 is 2.00 bits per heavy atom. The van der Waals surface area contributed by atoms with Gasteiger partial charge >= 0.3 is 6.03 Å². The molecule has 0 aromatic heterocycles. The molecule has 0 atom stereocenters. The zero-order valence-corrected chi connectivity index (χ0v) is 7.65. The molecule has 1 aromatic carbocycles. The molecule has 3 N–H and O–H groups in total. The van der Waals surface area contributed by atoms with Crippen LogP contribution in [0, 0.1) is 0 Å². The lowest BCUT2D eigenvalue weighted by molar-refractivity contribution is 0.254. The van der Waals surface area contributed by atoms with E-state index in [0.29, 0.717) is 5.02 Å². The summed E-state index contributed by atoms with van der Waals surface area (Å²) in [6, 6.07) is 6.51. The van der Waals surface area contributed by atoms with Crippen molar-refractivity contribution in [1.82, 2.24) is 4.72 Å². The van der Waals surface area contributed by atoms with E-state index < -0.39 is 6.03 Å². The smallest absolute Gasteiger partial charge is 0.322 e. The van der Waals surface area contributed by atoms with E-state index in [1.807, 2.05) is 0 Å². The summed E-state index contributed by atoms with van der Waals surface area (Å²) in [5.41, 5.74) is 4.87. The molecule has 0 bridgehead atoms. The molecule has 0 fully saturated rings. The summed E-state index contributed by atoms with van der Waals surface area (Å²) < 4.78 is 2.39. The SMILES string of the molecule is NC(=O)NSc1ccc(Cl)cc1. The highest BCUT2D eigenvalue weighted by atomic mass is 35.5. The quantitative estimate of drug-likeness (QED) is 0.721. The summed E-state index contributed by atoms with van der Waals surface area (Å²) in [7, 11) is 0. The average Bonchev–Trinajstić information content (AvgIpc) is 2.03. The Morgan fingerprint density at radius 3 is 2.50 bits per heavy atom. The van der Waals surface area contributed by atoms with Crippen LogP contribution in [0.15, 0.2) is 29.2 Å². The van der Waals surface area contributed by atoms with Gasteiger partial charge in [0, 0.05) is 9.92 Å². The lowest BCUT2D eigenvalue weighted by Gasteiger charge is -1.99. The number of nitrogens with one attached hydrogen (secondary N) is 1. The number of urea groups is 1. The highest BCUT2D eigenvalue weighted by Crippen LogP contribution is 2.17. The maximum absolute atomic E-state index is 10.3. The van der Waals surface area contributed by atoms with E-state index in [4.69, 9.17) is 17.3 Å². The van der Waals surface area contributed by atoms with Gasteiger partial charge in [-0.1, -0.05) is 11.6 Å². The molecule has 3 nitrogen and oxygen atoms in total. The monoisotopic (exact) mass is 202 g/mol. The van der Waals surface area contributed by atoms with Crippen molar-refractivity contribution >= 4 is 29.6 Å². The second-order valence-electron chi connectivity index (χ2n) is 2.02. The van der Waals surface area contributed by atoms with Crippen LogP contribution in [0.5, 0.6) is 0 Å². The van der Waals surface area contributed by atoms with E-state index in [9.17, 15) is 4.79 Å². The van der Waals surface area contributed by atoms with Crippen LogP contribution in [-0.4, -0.2) is 6.03 Å². The predicted molar refractivity (Wildman–Crippen MR) is 50.0 cm³/mol. The highest BCUT2D eigenvalue weighted by Gasteiger charge is 1.95. The summed E-state index contributed by atoms with van der Waals surface area (Å²) in [5, 5.41) is 0.665. The van der Waals surface area contributed by atoms with E-state index in [0.717, 1.165) is 16.8 Å². The minimum absolute atomic E-state index is 0.560. The highest BCUT2D eigenvalue weighted by molar-refractivity contribution is 7.98. The molecule has 1 rings (SSSR count). The van der Waals surface area contributed by atoms with Gasteiger partial charge in [-0.2, -0.15) is 0 Å². The average molecular weight is 203 g/mol. The third-order valence-corrected chi connectivity index (χ3v) is 2.15. The van der Waals surface area contributed by atoms with Crippen molar-refractivity contribution in [3.63, 3.8) is 0 Å². The zero-order chi connectivity index (χ0) is 8.97. The Bertz CT molecular complexity index is 275. The van der Waals surface area contributed by atoms with Crippen molar-refractivity contribution in [3.05, 3.63) is 29.3 Å². The van der Waals surface area contributed by atoms with Gasteiger partial charge in [-0.25, -0.2) is 4.79 Å². The Kier molecular flexibility index (Phi) is 3.25. The molecule has 1 aromatic rings. The zero-order valence-electron chi connectivity index (χ0n) is 6.08. The summed E-state index contributed by atoms with van der Waals surface area (Å²) in [4.78, 5) is 11.2. The Balaban J connectivity index is 2.53. The number of rotatable bonds is 2. The first-order valence-electron chi connectivity index (χ1n) is 3.16. The third kappa shape index (κ3) is 3.02. The lowest BCUT2D eigenvalue weighted by Crippen LogP contribution is -2.22.